The zero-order chi connectivity index (χ0) is 14.7. The highest BCUT2D eigenvalue weighted by atomic mass is 16.4. The summed E-state index contributed by atoms with van der Waals surface area (Å²) in [6.07, 6.45) is 0. The van der Waals surface area contributed by atoms with Crippen LogP contribution in [0.5, 0.6) is 0 Å². The second-order valence-corrected chi connectivity index (χ2v) is 4.55. The first kappa shape index (κ1) is 14.0. The van der Waals surface area contributed by atoms with Crippen LogP contribution in [0.1, 0.15) is 16.2 Å². The molecular formula is C13H15N3O4. The number of aryl methyl sites for hydroxylation is 1. The predicted molar refractivity (Wildman–Crippen MR) is 69.1 cm³/mol. The summed E-state index contributed by atoms with van der Waals surface area (Å²) in [4.78, 5) is 41.1. The number of carbonyl (C=O) groups is 3. The van der Waals surface area contributed by atoms with Crippen molar-refractivity contribution in [2.75, 3.05) is 26.2 Å². The number of carboxylic acid groups (broad SMARTS) is 1. The summed E-state index contributed by atoms with van der Waals surface area (Å²) in [5, 5.41) is 8.64. The summed E-state index contributed by atoms with van der Waals surface area (Å²) in [5.74, 6) is -2.59. The summed E-state index contributed by atoms with van der Waals surface area (Å²) in [6.45, 7) is 2.88. The van der Waals surface area contributed by atoms with Gasteiger partial charge < -0.3 is 14.9 Å². The number of hydrogen-bond acceptors (Lipinski definition) is 4. The maximum Gasteiger partial charge on any atom is 0.394 e. The molecule has 106 valence electrons. The Labute approximate surface area is 115 Å². The van der Waals surface area contributed by atoms with Crippen LogP contribution < -0.4 is 0 Å². The van der Waals surface area contributed by atoms with Crippen molar-refractivity contribution in [3.63, 3.8) is 0 Å². The van der Waals surface area contributed by atoms with Gasteiger partial charge in [-0.25, -0.2) is 9.78 Å². The van der Waals surface area contributed by atoms with Gasteiger partial charge >= 0.3 is 11.9 Å². The molecule has 2 heterocycles. The monoisotopic (exact) mass is 277 g/mol. The Balaban J connectivity index is 1.99. The van der Waals surface area contributed by atoms with Crippen molar-refractivity contribution in [1.29, 1.82) is 0 Å². The lowest BCUT2D eigenvalue weighted by molar-refractivity contribution is -0.156. The lowest BCUT2D eigenvalue weighted by Crippen LogP contribution is -2.52. The molecule has 1 aromatic rings. The molecule has 0 aliphatic carbocycles. The molecular weight excluding hydrogens is 262 g/mol. The van der Waals surface area contributed by atoms with Crippen LogP contribution in [0.25, 0.3) is 0 Å². The number of pyridine rings is 1. The van der Waals surface area contributed by atoms with Crippen molar-refractivity contribution < 1.29 is 19.5 Å². The zero-order valence-corrected chi connectivity index (χ0v) is 11.1. The van der Waals surface area contributed by atoms with Crippen LogP contribution in [0.4, 0.5) is 0 Å². The Morgan fingerprint density at radius 3 is 2.25 bits per heavy atom. The number of amides is 2. The fourth-order valence-electron chi connectivity index (χ4n) is 2.07. The lowest BCUT2D eigenvalue weighted by atomic mass is 10.2. The first-order valence-electron chi connectivity index (χ1n) is 6.24. The van der Waals surface area contributed by atoms with Gasteiger partial charge in [-0.2, -0.15) is 0 Å². The van der Waals surface area contributed by atoms with Crippen LogP contribution in [0, 0.1) is 6.92 Å². The molecule has 2 rings (SSSR count). The maximum absolute atomic E-state index is 12.2. The molecule has 0 saturated carbocycles. The van der Waals surface area contributed by atoms with Gasteiger partial charge in [0.2, 0.25) is 0 Å². The number of nitrogens with zero attached hydrogens (tertiary/aromatic N) is 3. The molecule has 0 bridgehead atoms. The van der Waals surface area contributed by atoms with Gasteiger partial charge in [0, 0.05) is 31.9 Å². The standard InChI is InChI=1S/C13H15N3O4/c1-9-3-2-4-10(14-9)11(17)15-5-7-16(8-6-15)12(18)13(19)20/h2-4H,5-8H2,1H3,(H,19,20). The van der Waals surface area contributed by atoms with E-state index in [2.05, 4.69) is 4.98 Å². The Hall–Kier alpha value is -2.44. The number of rotatable bonds is 1. The molecule has 1 fully saturated rings. The fourth-order valence-corrected chi connectivity index (χ4v) is 2.07. The SMILES string of the molecule is Cc1cccc(C(=O)N2CCN(C(=O)C(=O)O)CC2)n1. The van der Waals surface area contributed by atoms with E-state index >= 15 is 0 Å². The summed E-state index contributed by atoms with van der Waals surface area (Å²) in [5.41, 5.74) is 1.12. The van der Waals surface area contributed by atoms with E-state index in [1.165, 1.54) is 4.90 Å². The lowest BCUT2D eigenvalue weighted by Gasteiger charge is -2.33. The van der Waals surface area contributed by atoms with Gasteiger partial charge in [-0.1, -0.05) is 6.07 Å². The Morgan fingerprint density at radius 2 is 1.70 bits per heavy atom. The van der Waals surface area contributed by atoms with Crippen LogP contribution >= 0.6 is 0 Å². The molecule has 20 heavy (non-hydrogen) atoms. The van der Waals surface area contributed by atoms with E-state index in [9.17, 15) is 14.4 Å². The number of piperazine rings is 1. The van der Waals surface area contributed by atoms with Crippen molar-refractivity contribution in [3.05, 3.63) is 29.6 Å². The van der Waals surface area contributed by atoms with Gasteiger partial charge in [0.1, 0.15) is 5.69 Å². The number of aromatic nitrogens is 1. The third kappa shape index (κ3) is 2.93. The van der Waals surface area contributed by atoms with E-state index in [0.717, 1.165) is 5.69 Å². The summed E-state index contributed by atoms with van der Waals surface area (Å²) < 4.78 is 0. The average molecular weight is 277 g/mol. The Bertz CT molecular complexity index is 550. The van der Waals surface area contributed by atoms with Crippen molar-refractivity contribution in [2.24, 2.45) is 0 Å². The normalized spacial score (nSPS) is 15.1. The molecule has 0 unspecified atom stereocenters. The molecule has 1 saturated heterocycles. The molecule has 0 atom stereocenters. The minimum absolute atomic E-state index is 0.198. The van der Waals surface area contributed by atoms with E-state index in [4.69, 9.17) is 5.11 Å². The van der Waals surface area contributed by atoms with E-state index in [-0.39, 0.29) is 19.0 Å². The topological polar surface area (TPSA) is 90.8 Å². The molecule has 1 aromatic heterocycles. The minimum Gasteiger partial charge on any atom is -0.474 e. The average Bonchev–Trinajstić information content (AvgIpc) is 2.46. The molecule has 1 N–H and O–H groups in total. The van der Waals surface area contributed by atoms with Crippen LogP contribution in [0.15, 0.2) is 18.2 Å². The maximum atomic E-state index is 12.2. The molecule has 1 aliphatic heterocycles. The van der Waals surface area contributed by atoms with Crippen molar-refractivity contribution in [1.82, 2.24) is 14.8 Å². The third-order valence-electron chi connectivity index (χ3n) is 3.14. The van der Waals surface area contributed by atoms with Crippen LogP contribution in [0.3, 0.4) is 0 Å². The van der Waals surface area contributed by atoms with Gasteiger partial charge in [-0.05, 0) is 19.1 Å². The van der Waals surface area contributed by atoms with Gasteiger partial charge in [-0.3, -0.25) is 9.59 Å². The highest BCUT2D eigenvalue weighted by Gasteiger charge is 2.28. The largest absolute Gasteiger partial charge is 0.474 e. The van der Waals surface area contributed by atoms with Gasteiger partial charge in [0.15, 0.2) is 0 Å². The molecule has 2 amide bonds. The van der Waals surface area contributed by atoms with E-state index in [0.29, 0.717) is 18.8 Å². The van der Waals surface area contributed by atoms with E-state index < -0.39 is 11.9 Å². The van der Waals surface area contributed by atoms with Crippen LogP contribution in [-0.4, -0.2) is 63.9 Å². The number of hydrogen-bond donors (Lipinski definition) is 1. The summed E-state index contributed by atoms with van der Waals surface area (Å²) in [7, 11) is 0. The van der Waals surface area contributed by atoms with Gasteiger partial charge in [-0.15, -0.1) is 0 Å². The first-order chi connectivity index (χ1) is 9.49. The van der Waals surface area contributed by atoms with Gasteiger partial charge in [0.05, 0.1) is 0 Å². The number of aliphatic carboxylic acids is 1. The minimum atomic E-state index is -1.47. The molecule has 0 spiro atoms. The van der Waals surface area contributed by atoms with Crippen molar-refractivity contribution in [3.8, 4) is 0 Å². The van der Waals surface area contributed by atoms with Crippen molar-refractivity contribution in [2.45, 2.75) is 6.92 Å². The molecule has 7 nitrogen and oxygen atoms in total. The number of carbonyl (C=O) groups excluding carboxylic acids is 2. The predicted octanol–water partition coefficient (Wildman–Crippen LogP) is -0.241. The van der Waals surface area contributed by atoms with Crippen molar-refractivity contribution >= 4 is 17.8 Å². The second-order valence-electron chi connectivity index (χ2n) is 4.55. The molecule has 0 radical (unpaired) electrons. The van der Waals surface area contributed by atoms with Crippen LogP contribution in [-0.2, 0) is 9.59 Å². The molecule has 7 heteroatoms. The molecule has 1 aliphatic rings. The Kier molecular flexibility index (Phi) is 3.97. The zero-order valence-electron chi connectivity index (χ0n) is 11.1. The quantitative estimate of drug-likeness (QED) is 0.715. The summed E-state index contributed by atoms with van der Waals surface area (Å²) in [6, 6.07) is 5.21. The van der Waals surface area contributed by atoms with Gasteiger partial charge in [0.25, 0.3) is 5.91 Å². The van der Waals surface area contributed by atoms with E-state index in [1.807, 2.05) is 0 Å². The highest BCUT2D eigenvalue weighted by Crippen LogP contribution is 2.08. The van der Waals surface area contributed by atoms with E-state index in [1.54, 1.807) is 30.0 Å². The smallest absolute Gasteiger partial charge is 0.394 e. The first-order valence-corrected chi connectivity index (χ1v) is 6.24. The highest BCUT2D eigenvalue weighted by molar-refractivity contribution is 6.31. The number of carboxylic acids is 1. The third-order valence-corrected chi connectivity index (χ3v) is 3.14. The second kappa shape index (κ2) is 5.68. The molecule has 0 aromatic carbocycles. The fraction of sp³-hybridized carbons (Fsp3) is 0.385. The Morgan fingerprint density at radius 1 is 1.10 bits per heavy atom. The van der Waals surface area contributed by atoms with Crippen LogP contribution in [0.2, 0.25) is 0 Å². The summed E-state index contributed by atoms with van der Waals surface area (Å²) >= 11 is 0.